The number of rotatable bonds is 4. The molecule has 1 amide bonds. The van der Waals surface area contributed by atoms with E-state index in [4.69, 9.17) is 4.74 Å². The second kappa shape index (κ2) is 7.29. The van der Waals surface area contributed by atoms with Gasteiger partial charge >= 0.3 is 6.09 Å². The molecule has 5 nitrogen and oxygen atoms in total. The number of nitrogens with zero attached hydrogens (tertiary/aromatic N) is 2. The second-order valence-corrected chi connectivity index (χ2v) is 5.64. The van der Waals surface area contributed by atoms with Crippen LogP contribution in [-0.4, -0.2) is 41.7 Å². The number of ether oxygens (including phenoxy) is 1. The maximum absolute atomic E-state index is 11.7. The molecule has 0 aliphatic carbocycles. The summed E-state index contributed by atoms with van der Waals surface area (Å²) < 4.78 is 5.05. The van der Waals surface area contributed by atoms with Crippen LogP contribution in [0.1, 0.15) is 32.4 Å². The molecule has 2 heterocycles. The molecule has 0 bridgehead atoms. The Bertz CT molecular complexity index is 470. The van der Waals surface area contributed by atoms with E-state index >= 15 is 0 Å². The van der Waals surface area contributed by atoms with Crippen molar-refractivity contribution in [1.29, 1.82) is 0 Å². The number of aryl methyl sites for hydroxylation is 1. The number of aromatic nitrogens is 1. The number of nitrogens with one attached hydrogen (secondary N) is 1. The summed E-state index contributed by atoms with van der Waals surface area (Å²) >= 11 is 0. The molecule has 21 heavy (non-hydrogen) atoms. The highest BCUT2D eigenvalue weighted by molar-refractivity contribution is 5.67. The van der Waals surface area contributed by atoms with E-state index < -0.39 is 0 Å². The van der Waals surface area contributed by atoms with E-state index in [1.807, 2.05) is 31.0 Å². The molecule has 116 valence electrons. The van der Waals surface area contributed by atoms with Gasteiger partial charge in [0, 0.05) is 36.7 Å². The van der Waals surface area contributed by atoms with Crippen molar-refractivity contribution in [2.45, 2.75) is 39.7 Å². The van der Waals surface area contributed by atoms with Crippen molar-refractivity contribution in [3.05, 3.63) is 24.0 Å². The molecule has 0 saturated carbocycles. The van der Waals surface area contributed by atoms with Gasteiger partial charge in [0.2, 0.25) is 0 Å². The zero-order chi connectivity index (χ0) is 15.2. The van der Waals surface area contributed by atoms with Crippen molar-refractivity contribution in [2.75, 3.05) is 25.0 Å². The highest BCUT2D eigenvalue weighted by atomic mass is 16.6. The number of pyridine rings is 1. The van der Waals surface area contributed by atoms with Crippen LogP contribution in [0.4, 0.5) is 10.5 Å². The molecule has 1 atom stereocenters. The number of anilines is 1. The van der Waals surface area contributed by atoms with Crippen LogP contribution in [0, 0.1) is 12.8 Å². The lowest BCUT2D eigenvalue weighted by Gasteiger charge is -2.34. The van der Waals surface area contributed by atoms with Crippen molar-refractivity contribution in [3.63, 3.8) is 0 Å². The third kappa shape index (κ3) is 4.34. The van der Waals surface area contributed by atoms with Crippen molar-refractivity contribution < 1.29 is 9.53 Å². The summed E-state index contributed by atoms with van der Waals surface area (Å²) in [4.78, 5) is 17.7. The van der Waals surface area contributed by atoms with E-state index in [2.05, 4.69) is 23.3 Å². The molecular formula is C16H25N3O2. The first-order chi connectivity index (χ1) is 10.1. The molecular weight excluding hydrogens is 266 g/mol. The average Bonchev–Trinajstić information content (AvgIpc) is 2.47. The number of hydrogen-bond donors (Lipinski definition) is 1. The molecule has 1 saturated heterocycles. The van der Waals surface area contributed by atoms with Gasteiger partial charge in [-0.15, -0.1) is 0 Å². The Morgan fingerprint density at radius 3 is 2.86 bits per heavy atom. The highest BCUT2D eigenvalue weighted by Crippen LogP contribution is 2.23. The summed E-state index contributed by atoms with van der Waals surface area (Å²) in [5.74, 6) is 0.573. The molecule has 0 radical (unpaired) electrons. The number of hydrogen-bond acceptors (Lipinski definition) is 4. The van der Waals surface area contributed by atoms with Gasteiger partial charge in [-0.25, -0.2) is 4.79 Å². The van der Waals surface area contributed by atoms with Gasteiger partial charge in [-0.05, 0) is 51.7 Å². The lowest BCUT2D eigenvalue weighted by atomic mass is 9.90. The number of carbonyl (C=O) groups excluding carboxylic acids is 1. The Kier molecular flexibility index (Phi) is 5.42. The fourth-order valence-electron chi connectivity index (χ4n) is 2.81. The smallest absolute Gasteiger partial charge is 0.409 e. The van der Waals surface area contributed by atoms with E-state index in [1.165, 1.54) is 0 Å². The molecule has 1 unspecified atom stereocenters. The predicted octanol–water partition coefficient (Wildman–Crippen LogP) is 3.06. The van der Waals surface area contributed by atoms with Crippen LogP contribution < -0.4 is 5.32 Å². The van der Waals surface area contributed by atoms with E-state index in [1.54, 1.807) is 0 Å². The van der Waals surface area contributed by atoms with Crippen LogP contribution >= 0.6 is 0 Å². The second-order valence-electron chi connectivity index (χ2n) is 5.64. The van der Waals surface area contributed by atoms with Crippen molar-refractivity contribution in [2.24, 2.45) is 5.92 Å². The standard InChI is InChI=1S/C16H25N3O2/c1-4-21-16(20)19-9-6-14(7-10-19)13(3)18-15-5-8-17-12(2)11-15/h5,8,11,13-14H,4,6-7,9-10H2,1-3H3,(H,17,18). The number of carbonyl (C=O) groups is 1. The Morgan fingerprint density at radius 1 is 1.52 bits per heavy atom. The normalized spacial score (nSPS) is 17.4. The molecule has 0 spiro atoms. The van der Waals surface area contributed by atoms with Crippen LogP contribution in [0.25, 0.3) is 0 Å². The van der Waals surface area contributed by atoms with Gasteiger partial charge in [-0.2, -0.15) is 0 Å². The lowest BCUT2D eigenvalue weighted by molar-refractivity contribution is 0.0903. The summed E-state index contributed by atoms with van der Waals surface area (Å²) in [5, 5.41) is 3.55. The minimum atomic E-state index is -0.179. The molecule has 1 fully saturated rings. The monoisotopic (exact) mass is 291 g/mol. The van der Waals surface area contributed by atoms with E-state index in [9.17, 15) is 4.79 Å². The summed E-state index contributed by atoms with van der Waals surface area (Å²) in [6.07, 6.45) is 3.67. The fraction of sp³-hybridized carbons (Fsp3) is 0.625. The molecule has 1 aliphatic rings. The first-order valence-corrected chi connectivity index (χ1v) is 7.71. The third-order valence-corrected chi connectivity index (χ3v) is 4.06. The van der Waals surface area contributed by atoms with Gasteiger partial charge in [-0.3, -0.25) is 4.98 Å². The first kappa shape index (κ1) is 15.6. The summed E-state index contributed by atoms with van der Waals surface area (Å²) in [6, 6.07) is 4.44. The number of amides is 1. The SMILES string of the molecule is CCOC(=O)N1CCC(C(C)Nc2ccnc(C)c2)CC1. The van der Waals surface area contributed by atoms with Gasteiger partial charge in [0.1, 0.15) is 0 Å². The number of likely N-dealkylation sites (tertiary alicyclic amines) is 1. The molecule has 0 aromatic carbocycles. The summed E-state index contributed by atoms with van der Waals surface area (Å²) in [7, 11) is 0. The van der Waals surface area contributed by atoms with Crippen LogP contribution in [0.2, 0.25) is 0 Å². The Morgan fingerprint density at radius 2 is 2.24 bits per heavy atom. The molecule has 1 aromatic rings. The van der Waals surface area contributed by atoms with Crippen LogP contribution in [0.15, 0.2) is 18.3 Å². The van der Waals surface area contributed by atoms with Gasteiger partial charge < -0.3 is 15.0 Å². The van der Waals surface area contributed by atoms with Gasteiger partial charge in [-0.1, -0.05) is 0 Å². The van der Waals surface area contributed by atoms with Gasteiger partial charge in [0.15, 0.2) is 0 Å². The van der Waals surface area contributed by atoms with E-state index in [0.717, 1.165) is 37.3 Å². The van der Waals surface area contributed by atoms with Crippen LogP contribution in [0.5, 0.6) is 0 Å². The van der Waals surface area contributed by atoms with Crippen molar-refractivity contribution in [1.82, 2.24) is 9.88 Å². The maximum atomic E-state index is 11.7. The number of piperidine rings is 1. The van der Waals surface area contributed by atoms with E-state index in [-0.39, 0.29) is 6.09 Å². The minimum absolute atomic E-state index is 0.179. The fourth-order valence-corrected chi connectivity index (χ4v) is 2.81. The first-order valence-electron chi connectivity index (χ1n) is 7.71. The highest BCUT2D eigenvalue weighted by Gasteiger charge is 2.26. The third-order valence-electron chi connectivity index (χ3n) is 4.06. The Hall–Kier alpha value is -1.78. The quantitative estimate of drug-likeness (QED) is 0.926. The topological polar surface area (TPSA) is 54.5 Å². The lowest BCUT2D eigenvalue weighted by Crippen LogP contribution is -2.42. The van der Waals surface area contributed by atoms with Crippen LogP contribution in [-0.2, 0) is 4.74 Å². The van der Waals surface area contributed by atoms with Gasteiger partial charge in [0.05, 0.1) is 6.61 Å². The zero-order valence-electron chi connectivity index (χ0n) is 13.1. The van der Waals surface area contributed by atoms with Crippen LogP contribution in [0.3, 0.4) is 0 Å². The largest absolute Gasteiger partial charge is 0.450 e. The summed E-state index contributed by atoms with van der Waals surface area (Å²) in [6.45, 7) is 8.05. The predicted molar refractivity (Wildman–Crippen MR) is 83.4 cm³/mol. The maximum Gasteiger partial charge on any atom is 0.409 e. The molecule has 5 heteroatoms. The van der Waals surface area contributed by atoms with Gasteiger partial charge in [0.25, 0.3) is 0 Å². The summed E-state index contributed by atoms with van der Waals surface area (Å²) in [5.41, 5.74) is 2.13. The van der Waals surface area contributed by atoms with Crippen molar-refractivity contribution >= 4 is 11.8 Å². The Balaban J connectivity index is 1.83. The molecule has 1 aliphatic heterocycles. The molecule has 1 N–H and O–H groups in total. The van der Waals surface area contributed by atoms with Crippen molar-refractivity contribution in [3.8, 4) is 0 Å². The zero-order valence-corrected chi connectivity index (χ0v) is 13.1. The minimum Gasteiger partial charge on any atom is -0.450 e. The average molecular weight is 291 g/mol. The molecule has 1 aromatic heterocycles. The van der Waals surface area contributed by atoms with E-state index in [0.29, 0.717) is 18.6 Å². The molecule has 2 rings (SSSR count). The Labute approximate surface area is 126 Å².